The van der Waals surface area contributed by atoms with Gasteiger partial charge in [-0.3, -0.25) is 0 Å². The average Bonchev–Trinajstić information content (AvgIpc) is 2.25. The topological polar surface area (TPSA) is 69.6 Å². The van der Waals surface area contributed by atoms with Crippen LogP contribution in [0.4, 0.5) is 4.79 Å². The highest BCUT2D eigenvalue weighted by molar-refractivity contribution is 5.82. The summed E-state index contributed by atoms with van der Waals surface area (Å²) in [6.07, 6.45) is 0.848. The van der Waals surface area contributed by atoms with Gasteiger partial charge in [0.1, 0.15) is 6.04 Å². The van der Waals surface area contributed by atoms with Crippen LogP contribution >= 0.6 is 0 Å². The quantitative estimate of drug-likeness (QED) is 0.750. The Kier molecular flexibility index (Phi) is 6.61. The van der Waals surface area contributed by atoms with Gasteiger partial charge in [0.2, 0.25) is 0 Å². The van der Waals surface area contributed by atoms with Gasteiger partial charge in [-0.15, -0.1) is 0 Å². The van der Waals surface area contributed by atoms with Crippen LogP contribution in [0.3, 0.4) is 0 Å². The molecule has 0 aliphatic carbocycles. The van der Waals surface area contributed by atoms with Crippen LogP contribution in [0.5, 0.6) is 0 Å². The van der Waals surface area contributed by atoms with Crippen LogP contribution in [0.25, 0.3) is 0 Å². The van der Waals surface area contributed by atoms with Crippen molar-refractivity contribution in [1.82, 2.24) is 10.2 Å². The van der Waals surface area contributed by atoms with E-state index in [1.807, 2.05) is 20.8 Å². The van der Waals surface area contributed by atoms with Crippen molar-refractivity contribution >= 4 is 12.0 Å². The largest absolute Gasteiger partial charge is 0.480 e. The van der Waals surface area contributed by atoms with Crippen molar-refractivity contribution in [1.29, 1.82) is 0 Å². The zero-order chi connectivity index (χ0) is 13.6. The molecule has 17 heavy (non-hydrogen) atoms. The maximum Gasteiger partial charge on any atom is 0.326 e. The molecule has 2 N–H and O–H groups in total. The van der Waals surface area contributed by atoms with Gasteiger partial charge in [0.25, 0.3) is 0 Å². The third kappa shape index (κ3) is 4.63. The third-order valence-electron chi connectivity index (χ3n) is 2.94. The van der Waals surface area contributed by atoms with Gasteiger partial charge in [-0.25, -0.2) is 9.59 Å². The molecule has 0 saturated heterocycles. The van der Waals surface area contributed by atoms with Gasteiger partial charge in [-0.2, -0.15) is 0 Å². The van der Waals surface area contributed by atoms with Gasteiger partial charge in [0.05, 0.1) is 0 Å². The van der Waals surface area contributed by atoms with E-state index in [2.05, 4.69) is 5.32 Å². The Bertz CT molecular complexity index is 266. The van der Waals surface area contributed by atoms with Crippen molar-refractivity contribution in [3.05, 3.63) is 0 Å². The maximum atomic E-state index is 11.9. The Morgan fingerprint density at radius 3 is 2.06 bits per heavy atom. The number of urea groups is 1. The number of aliphatic carboxylic acids is 1. The molecule has 0 saturated carbocycles. The van der Waals surface area contributed by atoms with E-state index in [4.69, 9.17) is 5.11 Å². The number of carbonyl (C=O) groups is 2. The fourth-order valence-electron chi connectivity index (χ4n) is 1.61. The number of carbonyl (C=O) groups excluding carboxylic acids is 1. The van der Waals surface area contributed by atoms with Crippen molar-refractivity contribution < 1.29 is 14.7 Å². The van der Waals surface area contributed by atoms with Crippen LogP contribution in [0.15, 0.2) is 0 Å². The standard InChI is InChI=1S/C12H24N2O3/c1-6-9(5)14(7-2)12(17)13-10(8(3)4)11(15)16/h8-10H,6-7H2,1-5H3,(H,13,17)(H,15,16)/t9?,10-/m0/s1. The Labute approximate surface area is 103 Å². The number of nitrogens with one attached hydrogen (secondary N) is 1. The van der Waals surface area contributed by atoms with Crippen LogP contribution in [-0.4, -0.2) is 40.6 Å². The monoisotopic (exact) mass is 244 g/mol. The Morgan fingerprint density at radius 1 is 1.24 bits per heavy atom. The highest BCUT2D eigenvalue weighted by atomic mass is 16.4. The summed E-state index contributed by atoms with van der Waals surface area (Å²) in [4.78, 5) is 24.6. The van der Waals surface area contributed by atoms with E-state index in [1.165, 1.54) is 0 Å². The molecule has 0 aromatic heterocycles. The summed E-state index contributed by atoms with van der Waals surface area (Å²) in [7, 11) is 0. The molecule has 0 aromatic rings. The average molecular weight is 244 g/mol. The lowest BCUT2D eigenvalue weighted by atomic mass is 10.1. The van der Waals surface area contributed by atoms with E-state index in [0.717, 1.165) is 6.42 Å². The van der Waals surface area contributed by atoms with E-state index in [9.17, 15) is 9.59 Å². The predicted octanol–water partition coefficient (Wildman–Crippen LogP) is 1.93. The minimum Gasteiger partial charge on any atom is -0.480 e. The first kappa shape index (κ1) is 15.7. The van der Waals surface area contributed by atoms with Crippen molar-refractivity contribution in [2.24, 2.45) is 5.92 Å². The second-order valence-corrected chi connectivity index (χ2v) is 4.55. The van der Waals surface area contributed by atoms with Gasteiger partial charge in [0.15, 0.2) is 0 Å². The van der Waals surface area contributed by atoms with Crippen molar-refractivity contribution in [2.75, 3.05) is 6.54 Å². The summed E-state index contributed by atoms with van der Waals surface area (Å²) >= 11 is 0. The SMILES string of the molecule is CCC(C)N(CC)C(=O)N[C@H](C(=O)O)C(C)C. The van der Waals surface area contributed by atoms with Crippen LogP contribution in [0.1, 0.15) is 41.0 Å². The zero-order valence-electron chi connectivity index (χ0n) is 11.4. The predicted molar refractivity (Wildman–Crippen MR) is 66.9 cm³/mol. The number of nitrogens with zero attached hydrogens (tertiary/aromatic N) is 1. The molecular weight excluding hydrogens is 220 g/mol. The molecule has 100 valence electrons. The van der Waals surface area contributed by atoms with Crippen molar-refractivity contribution in [2.45, 2.75) is 53.1 Å². The molecule has 0 spiro atoms. The molecular formula is C12H24N2O3. The minimum absolute atomic E-state index is 0.113. The van der Waals surface area contributed by atoms with Crippen molar-refractivity contribution in [3.63, 3.8) is 0 Å². The fourth-order valence-corrected chi connectivity index (χ4v) is 1.61. The summed E-state index contributed by atoms with van der Waals surface area (Å²) in [6, 6.07) is -1.02. The van der Waals surface area contributed by atoms with Crippen LogP contribution in [-0.2, 0) is 4.79 Å². The maximum absolute atomic E-state index is 11.9. The molecule has 0 radical (unpaired) electrons. The smallest absolute Gasteiger partial charge is 0.326 e. The summed E-state index contributed by atoms with van der Waals surface area (Å²) in [6.45, 7) is 9.96. The lowest BCUT2D eigenvalue weighted by Crippen LogP contribution is -2.52. The number of amides is 2. The van der Waals surface area contributed by atoms with Crippen LogP contribution < -0.4 is 5.32 Å². The minimum atomic E-state index is -0.992. The molecule has 1 unspecified atom stereocenters. The fraction of sp³-hybridized carbons (Fsp3) is 0.833. The molecule has 0 fully saturated rings. The normalized spacial score (nSPS) is 14.2. The first-order chi connectivity index (χ1) is 7.84. The van der Waals surface area contributed by atoms with Gasteiger partial charge in [-0.1, -0.05) is 20.8 Å². The number of carboxylic acids is 1. The van der Waals surface area contributed by atoms with Gasteiger partial charge >= 0.3 is 12.0 Å². The van der Waals surface area contributed by atoms with Gasteiger partial charge in [-0.05, 0) is 26.2 Å². The summed E-state index contributed by atoms with van der Waals surface area (Å²) in [5.41, 5.74) is 0. The van der Waals surface area contributed by atoms with E-state index >= 15 is 0 Å². The van der Waals surface area contributed by atoms with E-state index in [0.29, 0.717) is 6.54 Å². The molecule has 2 atom stereocenters. The van der Waals surface area contributed by atoms with Gasteiger partial charge in [0, 0.05) is 12.6 Å². The molecule has 0 aliphatic heterocycles. The highest BCUT2D eigenvalue weighted by Crippen LogP contribution is 2.07. The lowest BCUT2D eigenvalue weighted by Gasteiger charge is -2.29. The Morgan fingerprint density at radius 2 is 1.76 bits per heavy atom. The molecule has 0 rings (SSSR count). The molecule has 2 amide bonds. The van der Waals surface area contributed by atoms with Crippen LogP contribution in [0, 0.1) is 5.92 Å². The molecule has 0 aromatic carbocycles. The third-order valence-corrected chi connectivity index (χ3v) is 2.94. The summed E-state index contributed by atoms with van der Waals surface area (Å²) in [5, 5.41) is 11.6. The van der Waals surface area contributed by atoms with Gasteiger partial charge < -0.3 is 15.3 Å². The van der Waals surface area contributed by atoms with Crippen molar-refractivity contribution in [3.8, 4) is 0 Å². The van der Waals surface area contributed by atoms with E-state index in [-0.39, 0.29) is 18.0 Å². The second-order valence-electron chi connectivity index (χ2n) is 4.55. The Hall–Kier alpha value is -1.26. The first-order valence-corrected chi connectivity index (χ1v) is 6.15. The van der Waals surface area contributed by atoms with Crippen LogP contribution in [0.2, 0.25) is 0 Å². The number of carboxylic acid groups (broad SMARTS) is 1. The number of hydrogen-bond acceptors (Lipinski definition) is 2. The number of hydrogen-bond donors (Lipinski definition) is 2. The summed E-state index contributed by atoms with van der Waals surface area (Å²) in [5.74, 6) is -1.12. The Balaban J connectivity index is 4.63. The molecule has 0 aliphatic rings. The second kappa shape index (κ2) is 7.14. The zero-order valence-corrected chi connectivity index (χ0v) is 11.4. The number of rotatable bonds is 6. The highest BCUT2D eigenvalue weighted by Gasteiger charge is 2.26. The van der Waals surface area contributed by atoms with E-state index in [1.54, 1.807) is 18.7 Å². The van der Waals surface area contributed by atoms with E-state index < -0.39 is 12.0 Å². The molecule has 5 heteroatoms. The first-order valence-electron chi connectivity index (χ1n) is 6.15. The molecule has 5 nitrogen and oxygen atoms in total. The molecule has 0 bridgehead atoms. The lowest BCUT2D eigenvalue weighted by molar-refractivity contribution is -0.140. The summed E-state index contributed by atoms with van der Waals surface area (Å²) < 4.78 is 0. The molecule has 0 heterocycles.